The number of aromatic nitrogens is 3. The van der Waals surface area contributed by atoms with E-state index in [1.54, 1.807) is 13.3 Å². The van der Waals surface area contributed by atoms with Crippen LogP contribution >= 0.6 is 0 Å². The van der Waals surface area contributed by atoms with Crippen LogP contribution in [0.2, 0.25) is 0 Å². The fraction of sp³-hybridized carbons (Fsp3) is 0.438. The Morgan fingerprint density at radius 2 is 2.09 bits per heavy atom. The average molecular weight is 301 g/mol. The molecule has 0 aliphatic rings. The summed E-state index contributed by atoms with van der Waals surface area (Å²) in [6.07, 6.45) is 5.08. The molecule has 0 saturated heterocycles. The first-order chi connectivity index (χ1) is 10.7. The average Bonchev–Trinajstić information content (AvgIpc) is 2.52. The predicted molar refractivity (Wildman–Crippen MR) is 88.9 cm³/mol. The van der Waals surface area contributed by atoms with E-state index in [0.717, 1.165) is 30.0 Å². The molecule has 2 N–H and O–H groups in total. The van der Waals surface area contributed by atoms with Crippen molar-refractivity contribution in [3.63, 3.8) is 0 Å². The first-order valence-corrected chi connectivity index (χ1v) is 7.58. The second kappa shape index (κ2) is 8.17. The predicted octanol–water partition coefficient (Wildman–Crippen LogP) is 3.53. The van der Waals surface area contributed by atoms with Crippen molar-refractivity contribution < 1.29 is 4.74 Å². The van der Waals surface area contributed by atoms with E-state index >= 15 is 0 Å². The zero-order valence-corrected chi connectivity index (χ0v) is 13.4. The molecule has 0 amide bonds. The Kier molecular flexibility index (Phi) is 5.94. The highest BCUT2D eigenvalue weighted by molar-refractivity contribution is 5.65. The summed E-state index contributed by atoms with van der Waals surface area (Å²) < 4.78 is 5.35. The molecule has 0 aliphatic carbocycles. The minimum absolute atomic E-state index is 0.535. The molecular weight excluding hydrogens is 278 g/mol. The molecule has 2 rings (SSSR count). The molecule has 6 nitrogen and oxygen atoms in total. The van der Waals surface area contributed by atoms with Crippen molar-refractivity contribution in [1.82, 2.24) is 15.2 Å². The van der Waals surface area contributed by atoms with Gasteiger partial charge in [-0.1, -0.05) is 25.8 Å². The molecule has 0 spiro atoms. The number of rotatable bonds is 8. The Labute approximate surface area is 131 Å². The Balaban J connectivity index is 2.05. The van der Waals surface area contributed by atoms with Crippen LogP contribution in [0.5, 0.6) is 5.75 Å². The van der Waals surface area contributed by atoms with E-state index in [4.69, 9.17) is 4.74 Å². The fourth-order valence-corrected chi connectivity index (χ4v) is 2.07. The smallest absolute Gasteiger partial charge is 0.244 e. The number of unbranched alkanes of at least 4 members (excludes halogenated alkanes) is 2. The van der Waals surface area contributed by atoms with Crippen molar-refractivity contribution in [2.45, 2.75) is 33.1 Å². The molecule has 1 aromatic carbocycles. The fourth-order valence-electron chi connectivity index (χ4n) is 2.07. The molecule has 0 unspecified atom stereocenters. The van der Waals surface area contributed by atoms with Crippen LogP contribution in [0.1, 0.15) is 31.7 Å². The Bertz CT molecular complexity index is 603. The largest absolute Gasteiger partial charge is 0.495 e. The molecule has 0 bridgehead atoms. The van der Waals surface area contributed by atoms with Gasteiger partial charge in [-0.05, 0) is 31.0 Å². The molecular formula is C16H23N5O. The molecule has 1 aromatic heterocycles. The van der Waals surface area contributed by atoms with Crippen molar-refractivity contribution in [3.8, 4) is 5.75 Å². The van der Waals surface area contributed by atoms with Gasteiger partial charge in [-0.3, -0.25) is 0 Å². The summed E-state index contributed by atoms with van der Waals surface area (Å²) in [6, 6.07) is 5.94. The number of methoxy groups -OCH3 is 1. The Morgan fingerprint density at radius 1 is 1.23 bits per heavy atom. The number of aryl methyl sites for hydroxylation is 1. The van der Waals surface area contributed by atoms with Gasteiger partial charge in [-0.15, -0.1) is 5.10 Å². The highest BCUT2D eigenvalue weighted by Crippen LogP contribution is 2.27. The van der Waals surface area contributed by atoms with Gasteiger partial charge in [0.2, 0.25) is 5.95 Å². The van der Waals surface area contributed by atoms with E-state index in [0.29, 0.717) is 11.8 Å². The van der Waals surface area contributed by atoms with E-state index in [-0.39, 0.29) is 0 Å². The third-order valence-electron chi connectivity index (χ3n) is 3.24. The highest BCUT2D eigenvalue weighted by atomic mass is 16.5. The number of nitrogens with zero attached hydrogens (tertiary/aromatic N) is 3. The summed E-state index contributed by atoms with van der Waals surface area (Å²) in [5, 5.41) is 14.4. The second-order valence-corrected chi connectivity index (χ2v) is 5.13. The first kappa shape index (κ1) is 16.0. The SMILES string of the molecule is CCCCCNc1nncc(Nc2cc(C)ccc2OC)n1. The molecule has 0 radical (unpaired) electrons. The highest BCUT2D eigenvalue weighted by Gasteiger charge is 2.06. The van der Waals surface area contributed by atoms with Crippen LogP contribution in [0.3, 0.4) is 0 Å². The van der Waals surface area contributed by atoms with Crippen molar-refractivity contribution in [2.24, 2.45) is 0 Å². The van der Waals surface area contributed by atoms with Crippen LogP contribution in [0.15, 0.2) is 24.4 Å². The second-order valence-electron chi connectivity index (χ2n) is 5.13. The zero-order chi connectivity index (χ0) is 15.8. The normalized spacial score (nSPS) is 10.3. The Hall–Kier alpha value is -2.37. The third kappa shape index (κ3) is 4.58. The standard InChI is InChI=1S/C16H23N5O/c1-4-5-6-9-17-16-20-15(11-18-21-16)19-13-10-12(2)7-8-14(13)22-3/h7-8,10-11H,4-6,9H2,1-3H3,(H2,17,19,20,21). The molecule has 0 saturated carbocycles. The van der Waals surface area contributed by atoms with Gasteiger partial charge in [0.05, 0.1) is 19.0 Å². The van der Waals surface area contributed by atoms with Crippen LogP contribution in [0.25, 0.3) is 0 Å². The number of hydrogen-bond acceptors (Lipinski definition) is 6. The van der Waals surface area contributed by atoms with Crippen molar-refractivity contribution >= 4 is 17.5 Å². The van der Waals surface area contributed by atoms with Gasteiger partial charge in [0, 0.05) is 6.54 Å². The van der Waals surface area contributed by atoms with Crippen molar-refractivity contribution in [1.29, 1.82) is 0 Å². The summed E-state index contributed by atoms with van der Waals surface area (Å²) in [7, 11) is 1.65. The molecule has 118 valence electrons. The van der Waals surface area contributed by atoms with Crippen LogP contribution in [0, 0.1) is 6.92 Å². The summed E-state index contributed by atoms with van der Waals surface area (Å²) in [5.74, 6) is 1.94. The topological polar surface area (TPSA) is 72.0 Å². The van der Waals surface area contributed by atoms with Gasteiger partial charge in [0.15, 0.2) is 5.82 Å². The molecule has 0 atom stereocenters. The molecule has 6 heteroatoms. The quantitative estimate of drug-likeness (QED) is 0.727. The number of anilines is 3. The van der Waals surface area contributed by atoms with Gasteiger partial charge in [-0.25, -0.2) is 0 Å². The first-order valence-electron chi connectivity index (χ1n) is 7.58. The lowest BCUT2D eigenvalue weighted by Crippen LogP contribution is -2.08. The lowest BCUT2D eigenvalue weighted by molar-refractivity contribution is 0.416. The minimum Gasteiger partial charge on any atom is -0.495 e. The van der Waals surface area contributed by atoms with Crippen LogP contribution in [0.4, 0.5) is 17.5 Å². The van der Waals surface area contributed by atoms with Crippen molar-refractivity contribution in [2.75, 3.05) is 24.3 Å². The van der Waals surface area contributed by atoms with Crippen molar-refractivity contribution in [3.05, 3.63) is 30.0 Å². The minimum atomic E-state index is 0.535. The zero-order valence-electron chi connectivity index (χ0n) is 13.4. The summed E-state index contributed by atoms with van der Waals surface area (Å²) >= 11 is 0. The molecule has 1 heterocycles. The van der Waals surface area contributed by atoms with Gasteiger partial charge in [-0.2, -0.15) is 10.1 Å². The molecule has 0 aliphatic heterocycles. The lowest BCUT2D eigenvalue weighted by Gasteiger charge is -2.11. The summed E-state index contributed by atoms with van der Waals surface area (Å²) in [4.78, 5) is 4.42. The maximum Gasteiger partial charge on any atom is 0.244 e. The van der Waals surface area contributed by atoms with Gasteiger partial charge in [0.1, 0.15) is 5.75 Å². The third-order valence-corrected chi connectivity index (χ3v) is 3.24. The van der Waals surface area contributed by atoms with Gasteiger partial charge < -0.3 is 15.4 Å². The van der Waals surface area contributed by atoms with E-state index in [1.807, 2.05) is 25.1 Å². The molecule has 0 fully saturated rings. The molecule has 22 heavy (non-hydrogen) atoms. The molecule has 2 aromatic rings. The number of ether oxygens (including phenoxy) is 1. The summed E-state index contributed by atoms with van der Waals surface area (Å²) in [6.45, 7) is 5.06. The van der Waals surface area contributed by atoms with E-state index in [2.05, 4.69) is 32.7 Å². The maximum atomic E-state index is 5.35. The van der Waals surface area contributed by atoms with E-state index < -0.39 is 0 Å². The maximum absolute atomic E-state index is 5.35. The Morgan fingerprint density at radius 3 is 2.86 bits per heavy atom. The van der Waals surface area contributed by atoms with Crippen LogP contribution in [-0.4, -0.2) is 28.8 Å². The number of nitrogens with one attached hydrogen (secondary N) is 2. The number of benzene rings is 1. The monoisotopic (exact) mass is 301 g/mol. The van der Waals surface area contributed by atoms with E-state index in [1.165, 1.54) is 12.8 Å². The lowest BCUT2D eigenvalue weighted by atomic mass is 10.2. The number of hydrogen-bond donors (Lipinski definition) is 2. The van der Waals surface area contributed by atoms with Crippen LogP contribution < -0.4 is 15.4 Å². The summed E-state index contributed by atoms with van der Waals surface area (Å²) in [5.41, 5.74) is 2.00. The van der Waals surface area contributed by atoms with Gasteiger partial charge in [0.25, 0.3) is 0 Å². The van der Waals surface area contributed by atoms with Gasteiger partial charge >= 0.3 is 0 Å². The van der Waals surface area contributed by atoms with Crippen LogP contribution in [-0.2, 0) is 0 Å². The van der Waals surface area contributed by atoms with E-state index in [9.17, 15) is 0 Å².